The van der Waals surface area contributed by atoms with Crippen molar-refractivity contribution in [3.63, 3.8) is 0 Å². The lowest BCUT2D eigenvalue weighted by atomic mass is 10.2. The molecule has 2 atom stereocenters. The fourth-order valence-electron chi connectivity index (χ4n) is 1.48. The minimum atomic E-state index is -1.62. The van der Waals surface area contributed by atoms with Crippen molar-refractivity contribution >= 4 is 22.5 Å². The predicted molar refractivity (Wildman–Crippen MR) is 66.6 cm³/mol. The maximum Gasteiger partial charge on any atom is 0.304 e. The summed E-state index contributed by atoms with van der Waals surface area (Å²) in [6.45, 7) is 1.47. The van der Waals surface area contributed by atoms with Gasteiger partial charge < -0.3 is 5.11 Å². The van der Waals surface area contributed by atoms with Crippen LogP contribution in [0.25, 0.3) is 0 Å². The summed E-state index contributed by atoms with van der Waals surface area (Å²) in [4.78, 5) is 20.6. The van der Waals surface area contributed by atoms with Gasteiger partial charge in [-0.05, 0) is 12.1 Å². The number of hydrogen-bond donors (Lipinski definition) is 1. The third-order valence-electron chi connectivity index (χ3n) is 2.45. The number of carbonyl (C=O) groups is 1. The second kappa shape index (κ2) is 6.37. The van der Waals surface area contributed by atoms with Crippen LogP contribution in [0.2, 0.25) is 0 Å². The molecule has 0 aliphatic heterocycles. The average Bonchev–Trinajstić information content (AvgIpc) is 2.27. The van der Waals surface area contributed by atoms with Crippen molar-refractivity contribution in [3.05, 3.63) is 39.7 Å². The largest absolute Gasteiger partial charge is 0.481 e. The van der Waals surface area contributed by atoms with Gasteiger partial charge in [-0.25, -0.2) is 4.39 Å². The van der Waals surface area contributed by atoms with E-state index in [9.17, 15) is 23.5 Å². The van der Waals surface area contributed by atoms with Gasteiger partial charge in [0.05, 0.1) is 17.1 Å². The first-order valence-electron chi connectivity index (χ1n) is 5.33. The maximum atomic E-state index is 13.1. The van der Waals surface area contributed by atoms with Crippen molar-refractivity contribution in [1.82, 2.24) is 0 Å². The molecule has 19 heavy (non-hydrogen) atoms. The first-order valence-corrected chi connectivity index (χ1v) is 6.71. The lowest BCUT2D eigenvalue weighted by Gasteiger charge is -2.09. The van der Waals surface area contributed by atoms with Gasteiger partial charge in [0, 0.05) is 27.7 Å². The normalized spacial score (nSPS) is 13.8. The number of rotatable bonds is 6. The Labute approximate surface area is 110 Å². The Balaban J connectivity index is 2.92. The SMILES string of the molecule is CC(CC(=O)O)S(=O)Cc1cc(F)ccc1[N+](=O)[O-]. The highest BCUT2D eigenvalue weighted by Crippen LogP contribution is 2.22. The number of nitrogens with zero attached hydrogens (tertiary/aromatic N) is 1. The number of carboxylic acids is 1. The van der Waals surface area contributed by atoms with Crippen LogP contribution < -0.4 is 0 Å². The smallest absolute Gasteiger partial charge is 0.304 e. The molecule has 0 aromatic heterocycles. The van der Waals surface area contributed by atoms with Crippen molar-refractivity contribution < 1.29 is 23.4 Å². The van der Waals surface area contributed by atoms with E-state index in [0.29, 0.717) is 0 Å². The Morgan fingerprint density at radius 3 is 2.74 bits per heavy atom. The van der Waals surface area contributed by atoms with E-state index in [1.165, 1.54) is 6.92 Å². The zero-order chi connectivity index (χ0) is 14.6. The van der Waals surface area contributed by atoms with Gasteiger partial charge in [-0.3, -0.25) is 19.1 Å². The molecule has 0 amide bonds. The Hall–Kier alpha value is -1.83. The van der Waals surface area contributed by atoms with Crippen LogP contribution in [0.5, 0.6) is 0 Å². The summed E-state index contributed by atoms with van der Waals surface area (Å²) in [5.74, 6) is -2.01. The molecule has 1 rings (SSSR count). The van der Waals surface area contributed by atoms with Gasteiger partial charge in [-0.15, -0.1) is 0 Å². The van der Waals surface area contributed by atoms with E-state index in [1.807, 2.05) is 0 Å². The van der Waals surface area contributed by atoms with Gasteiger partial charge in [-0.2, -0.15) is 0 Å². The van der Waals surface area contributed by atoms with Crippen LogP contribution in [-0.2, 0) is 21.3 Å². The van der Waals surface area contributed by atoms with E-state index in [4.69, 9.17) is 5.11 Å². The summed E-state index contributed by atoms with van der Waals surface area (Å²) >= 11 is 0. The minimum Gasteiger partial charge on any atom is -0.481 e. The first kappa shape index (κ1) is 15.2. The summed E-state index contributed by atoms with van der Waals surface area (Å²) in [6.07, 6.45) is -0.310. The topological polar surface area (TPSA) is 97.5 Å². The van der Waals surface area contributed by atoms with Crippen molar-refractivity contribution in [2.75, 3.05) is 0 Å². The standard InChI is InChI=1S/C11H12FNO5S/c1-7(4-11(14)15)19(18)6-8-5-9(12)2-3-10(8)13(16)17/h2-3,5,7H,4,6H2,1H3,(H,14,15). The zero-order valence-electron chi connectivity index (χ0n) is 10.0. The molecule has 1 aromatic carbocycles. The summed E-state index contributed by atoms with van der Waals surface area (Å²) in [7, 11) is -1.62. The van der Waals surface area contributed by atoms with E-state index >= 15 is 0 Å². The van der Waals surface area contributed by atoms with Gasteiger partial charge in [0.15, 0.2) is 0 Å². The molecule has 0 fully saturated rings. The number of nitro groups is 1. The van der Waals surface area contributed by atoms with Crippen LogP contribution in [-0.4, -0.2) is 25.5 Å². The molecule has 104 valence electrons. The number of aliphatic carboxylic acids is 1. The Bertz CT molecular complexity index is 534. The summed E-state index contributed by atoms with van der Waals surface area (Å²) < 4.78 is 24.9. The molecule has 0 saturated heterocycles. The molecule has 0 spiro atoms. The highest BCUT2D eigenvalue weighted by Gasteiger charge is 2.21. The van der Waals surface area contributed by atoms with Crippen molar-refractivity contribution in [1.29, 1.82) is 0 Å². The first-order chi connectivity index (χ1) is 8.81. The van der Waals surface area contributed by atoms with Crippen LogP contribution in [0.4, 0.5) is 10.1 Å². The van der Waals surface area contributed by atoms with Crippen LogP contribution in [0.1, 0.15) is 18.9 Å². The predicted octanol–water partition coefficient (Wildman–Crippen LogP) is 1.85. The second-order valence-corrected chi connectivity index (χ2v) is 5.82. The third kappa shape index (κ3) is 4.40. The number of nitro benzene ring substituents is 1. The monoisotopic (exact) mass is 289 g/mol. The van der Waals surface area contributed by atoms with E-state index in [2.05, 4.69) is 0 Å². The van der Waals surface area contributed by atoms with Crippen LogP contribution in [0.15, 0.2) is 18.2 Å². The number of benzene rings is 1. The number of carboxylic acid groups (broad SMARTS) is 1. The Kier molecular flexibility index (Phi) is 5.11. The molecule has 1 N–H and O–H groups in total. The van der Waals surface area contributed by atoms with E-state index in [1.54, 1.807) is 0 Å². The second-order valence-electron chi connectivity index (χ2n) is 3.96. The van der Waals surface area contributed by atoms with E-state index in [0.717, 1.165) is 18.2 Å². The fourth-order valence-corrected chi connectivity index (χ4v) is 2.63. The van der Waals surface area contributed by atoms with Gasteiger partial charge >= 0.3 is 5.97 Å². The van der Waals surface area contributed by atoms with Gasteiger partial charge in [0.2, 0.25) is 0 Å². The highest BCUT2D eigenvalue weighted by atomic mass is 32.2. The van der Waals surface area contributed by atoms with Gasteiger partial charge in [0.1, 0.15) is 5.82 Å². The molecule has 0 saturated carbocycles. The minimum absolute atomic E-state index is 0.000530. The van der Waals surface area contributed by atoms with Crippen molar-refractivity contribution in [3.8, 4) is 0 Å². The van der Waals surface area contributed by atoms with E-state index in [-0.39, 0.29) is 23.4 Å². The fraction of sp³-hybridized carbons (Fsp3) is 0.364. The van der Waals surface area contributed by atoms with Crippen LogP contribution >= 0.6 is 0 Å². The number of halogens is 1. The Morgan fingerprint density at radius 2 is 2.21 bits per heavy atom. The molecular weight excluding hydrogens is 277 g/mol. The lowest BCUT2D eigenvalue weighted by Crippen LogP contribution is -2.17. The molecule has 0 heterocycles. The highest BCUT2D eigenvalue weighted by molar-refractivity contribution is 7.84. The van der Waals surface area contributed by atoms with Crippen molar-refractivity contribution in [2.45, 2.75) is 24.3 Å². The molecule has 2 unspecified atom stereocenters. The third-order valence-corrected chi connectivity index (χ3v) is 4.11. The molecule has 0 aliphatic carbocycles. The number of hydrogen-bond acceptors (Lipinski definition) is 4. The van der Waals surface area contributed by atoms with Crippen molar-refractivity contribution in [2.24, 2.45) is 0 Å². The van der Waals surface area contributed by atoms with Gasteiger partial charge in [0.25, 0.3) is 5.69 Å². The quantitative estimate of drug-likeness (QED) is 0.636. The van der Waals surface area contributed by atoms with E-state index < -0.39 is 32.8 Å². The molecular formula is C11H12FNO5S. The summed E-state index contributed by atoms with van der Waals surface area (Å²) in [6, 6.07) is 2.90. The molecule has 8 heteroatoms. The average molecular weight is 289 g/mol. The molecule has 0 radical (unpaired) electrons. The van der Waals surface area contributed by atoms with Gasteiger partial charge in [-0.1, -0.05) is 6.92 Å². The molecule has 1 aromatic rings. The maximum absolute atomic E-state index is 13.1. The zero-order valence-corrected chi connectivity index (χ0v) is 10.9. The van der Waals surface area contributed by atoms with Crippen LogP contribution in [0.3, 0.4) is 0 Å². The lowest BCUT2D eigenvalue weighted by molar-refractivity contribution is -0.385. The summed E-state index contributed by atoms with van der Waals surface area (Å²) in [5.41, 5.74) is -0.321. The summed E-state index contributed by atoms with van der Waals surface area (Å²) in [5, 5.41) is 18.7. The van der Waals surface area contributed by atoms with Crippen LogP contribution in [0, 0.1) is 15.9 Å². The molecule has 0 aliphatic rings. The Morgan fingerprint density at radius 1 is 1.58 bits per heavy atom. The molecule has 6 nitrogen and oxygen atoms in total. The molecule has 0 bridgehead atoms.